The largest absolute Gasteiger partial charge is 0.508 e. The Labute approximate surface area is 101 Å². The van der Waals surface area contributed by atoms with Crippen molar-refractivity contribution < 1.29 is 9.84 Å². The minimum atomic E-state index is 0. The normalized spacial score (nSPS) is 19.9. The van der Waals surface area contributed by atoms with E-state index in [2.05, 4.69) is 10.6 Å². The van der Waals surface area contributed by atoms with Crippen LogP contribution in [0.5, 0.6) is 11.5 Å². The highest BCUT2D eigenvalue weighted by atomic mass is 35.5. The van der Waals surface area contributed by atoms with E-state index in [1.54, 1.807) is 19.2 Å². The summed E-state index contributed by atoms with van der Waals surface area (Å²) < 4.78 is 5.25. The molecule has 0 aromatic heterocycles. The minimum absolute atomic E-state index is 0. The van der Waals surface area contributed by atoms with E-state index in [9.17, 15) is 5.11 Å². The highest BCUT2D eigenvalue weighted by Crippen LogP contribution is 2.29. The first-order valence-electron chi connectivity index (χ1n) is 5.12. The molecule has 0 spiro atoms. The number of phenols is 1. The maximum atomic E-state index is 9.35. The summed E-state index contributed by atoms with van der Waals surface area (Å²) in [5.74, 6) is 0.968. The zero-order valence-corrected chi connectivity index (χ0v) is 10.0. The van der Waals surface area contributed by atoms with Gasteiger partial charge in [0.15, 0.2) is 0 Å². The molecule has 1 fully saturated rings. The maximum absolute atomic E-state index is 9.35. The van der Waals surface area contributed by atoms with Crippen LogP contribution >= 0.6 is 12.4 Å². The van der Waals surface area contributed by atoms with E-state index in [1.807, 2.05) is 6.07 Å². The molecular weight excluding hydrogens is 228 g/mol. The molecule has 1 saturated heterocycles. The van der Waals surface area contributed by atoms with Gasteiger partial charge in [-0.1, -0.05) is 6.07 Å². The Morgan fingerprint density at radius 1 is 1.38 bits per heavy atom. The Balaban J connectivity index is 0.00000128. The molecule has 0 unspecified atom stereocenters. The average molecular weight is 245 g/mol. The quantitative estimate of drug-likeness (QED) is 0.728. The Kier molecular flexibility index (Phi) is 4.86. The van der Waals surface area contributed by atoms with Gasteiger partial charge in [0.1, 0.15) is 11.5 Å². The second-order valence-corrected chi connectivity index (χ2v) is 3.64. The van der Waals surface area contributed by atoms with Gasteiger partial charge in [-0.2, -0.15) is 0 Å². The molecule has 3 N–H and O–H groups in total. The number of aromatic hydroxyl groups is 1. The van der Waals surface area contributed by atoms with Crippen molar-refractivity contribution in [3.63, 3.8) is 0 Å². The van der Waals surface area contributed by atoms with Crippen molar-refractivity contribution >= 4 is 12.4 Å². The molecule has 4 nitrogen and oxygen atoms in total. The van der Waals surface area contributed by atoms with E-state index in [0.717, 1.165) is 30.9 Å². The molecule has 1 aromatic rings. The van der Waals surface area contributed by atoms with Crippen LogP contribution in [0.3, 0.4) is 0 Å². The fraction of sp³-hybridized carbons (Fsp3) is 0.455. The van der Waals surface area contributed by atoms with Crippen molar-refractivity contribution in [2.45, 2.75) is 6.04 Å². The van der Waals surface area contributed by atoms with Crippen molar-refractivity contribution in [2.75, 3.05) is 26.7 Å². The Bertz CT molecular complexity index is 341. The standard InChI is InChI=1S/C11H16N2O2.ClH/c1-15-11-6-8(14)2-3-9(11)10-7-12-4-5-13-10;/h2-3,6,10,12-14H,4-5,7H2,1H3;1H/t10-;/m1./s1. The lowest BCUT2D eigenvalue weighted by molar-refractivity contribution is 0.377. The molecule has 16 heavy (non-hydrogen) atoms. The van der Waals surface area contributed by atoms with Gasteiger partial charge in [0.2, 0.25) is 0 Å². The number of ether oxygens (including phenoxy) is 1. The molecule has 1 aliphatic heterocycles. The van der Waals surface area contributed by atoms with Crippen molar-refractivity contribution in [1.29, 1.82) is 0 Å². The SMILES string of the molecule is COc1cc(O)ccc1[C@H]1CNCCN1.Cl. The summed E-state index contributed by atoms with van der Waals surface area (Å²) in [7, 11) is 1.62. The lowest BCUT2D eigenvalue weighted by Crippen LogP contribution is -2.42. The molecule has 5 heteroatoms. The van der Waals surface area contributed by atoms with Crippen LogP contribution in [0.15, 0.2) is 18.2 Å². The number of rotatable bonds is 2. The first-order chi connectivity index (χ1) is 7.31. The van der Waals surface area contributed by atoms with E-state index < -0.39 is 0 Å². The molecule has 1 heterocycles. The van der Waals surface area contributed by atoms with E-state index in [0.29, 0.717) is 0 Å². The lowest BCUT2D eigenvalue weighted by Gasteiger charge is -2.26. The number of hydrogen-bond acceptors (Lipinski definition) is 4. The van der Waals surface area contributed by atoms with E-state index in [4.69, 9.17) is 4.74 Å². The monoisotopic (exact) mass is 244 g/mol. The van der Waals surface area contributed by atoms with Crippen molar-refractivity contribution in [3.05, 3.63) is 23.8 Å². The molecule has 1 aliphatic rings. The van der Waals surface area contributed by atoms with Gasteiger partial charge in [-0.3, -0.25) is 0 Å². The van der Waals surface area contributed by atoms with Crippen molar-refractivity contribution in [2.24, 2.45) is 0 Å². The summed E-state index contributed by atoms with van der Waals surface area (Å²) in [6.45, 7) is 2.84. The fourth-order valence-corrected chi connectivity index (χ4v) is 1.86. The topological polar surface area (TPSA) is 53.5 Å². The average Bonchev–Trinajstić information content (AvgIpc) is 2.30. The van der Waals surface area contributed by atoms with Gasteiger partial charge in [0.25, 0.3) is 0 Å². The molecule has 1 atom stereocenters. The number of phenolic OH excluding ortho intramolecular Hbond substituents is 1. The summed E-state index contributed by atoms with van der Waals surface area (Å²) in [6, 6.07) is 5.49. The van der Waals surface area contributed by atoms with Crippen LogP contribution in [0, 0.1) is 0 Å². The Hall–Kier alpha value is -0.970. The summed E-state index contributed by atoms with van der Waals surface area (Å²) >= 11 is 0. The summed E-state index contributed by atoms with van der Waals surface area (Å²) in [4.78, 5) is 0. The fourth-order valence-electron chi connectivity index (χ4n) is 1.86. The lowest BCUT2D eigenvalue weighted by atomic mass is 10.0. The first kappa shape index (κ1) is 13.1. The number of benzene rings is 1. The number of methoxy groups -OCH3 is 1. The van der Waals surface area contributed by atoms with Gasteiger partial charge in [0.05, 0.1) is 7.11 Å². The van der Waals surface area contributed by atoms with Crippen LogP contribution in [-0.2, 0) is 0 Å². The number of piperazine rings is 1. The minimum Gasteiger partial charge on any atom is -0.508 e. The third-order valence-electron chi connectivity index (χ3n) is 2.63. The van der Waals surface area contributed by atoms with Crippen LogP contribution in [0.2, 0.25) is 0 Å². The number of halogens is 1. The Morgan fingerprint density at radius 3 is 2.81 bits per heavy atom. The molecule has 0 aliphatic carbocycles. The van der Waals surface area contributed by atoms with Crippen LogP contribution < -0.4 is 15.4 Å². The number of hydrogen-bond donors (Lipinski definition) is 3. The molecule has 0 radical (unpaired) electrons. The Morgan fingerprint density at radius 2 is 2.19 bits per heavy atom. The van der Waals surface area contributed by atoms with E-state index >= 15 is 0 Å². The smallest absolute Gasteiger partial charge is 0.127 e. The van der Waals surface area contributed by atoms with Gasteiger partial charge >= 0.3 is 0 Å². The van der Waals surface area contributed by atoms with Crippen molar-refractivity contribution in [3.8, 4) is 11.5 Å². The van der Waals surface area contributed by atoms with Crippen LogP contribution in [0.25, 0.3) is 0 Å². The van der Waals surface area contributed by atoms with E-state index in [1.165, 1.54) is 0 Å². The zero-order valence-electron chi connectivity index (χ0n) is 9.19. The molecule has 0 amide bonds. The molecule has 0 saturated carbocycles. The maximum Gasteiger partial charge on any atom is 0.127 e. The van der Waals surface area contributed by atoms with Crippen LogP contribution in [0.1, 0.15) is 11.6 Å². The second-order valence-electron chi connectivity index (χ2n) is 3.64. The van der Waals surface area contributed by atoms with Gasteiger partial charge < -0.3 is 20.5 Å². The molecule has 2 rings (SSSR count). The number of nitrogens with one attached hydrogen (secondary N) is 2. The van der Waals surface area contributed by atoms with Crippen LogP contribution in [-0.4, -0.2) is 31.9 Å². The molecular formula is C11H17ClN2O2. The van der Waals surface area contributed by atoms with Gasteiger partial charge in [-0.05, 0) is 6.07 Å². The van der Waals surface area contributed by atoms with Crippen molar-refractivity contribution in [1.82, 2.24) is 10.6 Å². The first-order valence-corrected chi connectivity index (χ1v) is 5.12. The molecule has 90 valence electrons. The summed E-state index contributed by atoms with van der Waals surface area (Å²) in [6.07, 6.45) is 0. The third kappa shape index (κ3) is 2.78. The van der Waals surface area contributed by atoms with Crippen LogP contribution in [0.4, 0.5) is 0 Å². The highest BCUT2D eigenvalue weighted by Gasteiger charge is 2.18. The third-order valence-corrected chi connectivity index (χ3v) is 2.63. The zero-order chi connectivity index (χ0) is 10.7. The summed E-state index contributed by atoms with van der Waals surface area (Å²) in [5, 5.41) is 16.1. The van der Waals surface area contributed by atoms with Gasteiger partial charge in [-0.15, -0.1) is 12.4 Å². The second kappa shape index (κ2) is 5.94. The molecule has 1 aromatic carbocycles. The van der Waals surface area contributed by atoms with Gasteiger partial charge in [0, 0.05) is 37.3 Å². The predicted molar refractivity (Wildman–Crippen MR) is 65.5 cm³/mol. The van der Waals surface area contributed by atoms with E-state index in [-0.39, 0.29) is 24.2 Å². The highest BCUT2D eigenvalue weighted by molar-refractivity contribution is 5.85. The summed E-state index contributed by atoms with van der Waals surface area (Å²) in [5.41, 5.74) is 1.09. The molecule has 0 bridgehead atoms. The van der Waals surface area contributed by atoms with Gasteiger partial charge in [-0.25, -0.2) is 0 Å². The predicted octanol–water partition coefficient (Wildman–Crippen LogP) is 1.06.